The minimum absolute atomic E-state index is 0.213. The summed E-state index contributed by atoms with van der Waals surface area (Å²) in [7, 11) is 1.31. The lowest BCUT2D eigenvalue weighted by atomic mass is 9.80. The van der Waals surface area contributed by atoms with E-state index in [9.17, 15) is 9.59 Å². The second-order valence-corrected chi connectivity index (χ2v) is 12.1. The van der Waals surface area contributed by atoms with Gasteiger partial charge in [-0.1, -0.05) is 96.0 Å². The van der Waals surface area contributed by atoms with Crippen LogP contribution in [0.5, 0.6) is 0 Å². The van der Waals surface area contributed by atoms with E-state index in [1.807, 2.05) is 0 Å². The number of carbonyl (C=O) groups is 2. The Kier molecular flexibility index (Phi) is 11.0. The van der Waals surface area contributed by atoms with Gasteiger partial charge >= 0.3 is 11.9 Å². The molecule has 0 aliphatic carbocycles. The van der Waals surface area contributed by atoms with Crippen molar-refractivity contribution in [3.63, 3.8) is 0 Å². The van der Waals surface area contributed by atoms with Crippen LogP contribution in [0.25, 0.3) is 0 Å². The van der Waals surface area contributed by atoms with Crippen molar-refractivity contribution in [2.75, 3.05) is 46.4 Å². The van der Waals surface area contributed by atoms with Gasteiger partial charge in [-0.05, 0) is 43.0 Å². The van der Waals surface area contributed by atoms with Crippen molar-refractivity contribution in [1.82, 2.24) is 15.1 Å². The van der Waals surface area contributed by atoms with Crippen molar-refractivity contribution in [2.24, 2.45) is 0 Å². The van der Waals surface area contributed by atoms with Crippen molar-refractivity contribution in [1.29, 1.82) is 0 Å². The number of nitrogens with one attached hydrogen (secondary N) is 1. The van der Waals surface area contributed by atoms with E-state index in [-0.39, 0.29) is 17.7 Å². The summed E-state index contributed by atoms with van der Waals surface area (Å²) in [5.41, 5.74) is 4.91. The number of esters is 2. The molecule has 1 atom stereocenters. The van der Waals surface area contributed by atoms with Crippen LogP contribution in [0, 0.1) is 0 Å². The Hall–Kier alpha value is -3.62. The molecule has 1 fully saturated rings. The number of carbonyl (C=O) groups excluding carboxylic acids is 2. The first-order valence-electron chi connectivity index (χ1n) is 15.2. The summed E-state index contributed by atoms with van der Waals surface area (Å²) in [6.45, 7) is 8.36. The molecule has 2 heterocycles. The zero-order chi connectivity index (χ0) is 31.9. The maximum Gasteiger partial charge on any atom is 0.336 e. The summed E-state index contributed by atoms with van der Waals surface area (Å²) in [6, 6.07) is 26.7. The zero-order valence-corrected chi connectivity index (χ0v) is 27.4. The van der Waals surface area contributed by atoms with E-state index < -0.39 is 17.9 Å². The fourth-order valence-corrected chi connectivity index (χ4v) is 6.78. The van der Waals surface area contributed by atoms with Crippen molar-refractivity contribution in [2.45, 2.75) is 32.2 Å². The molecular formula is C36H39Cl2N3O4. The number of methoxy groups -OCH3 is 1. The van der Waals surface area contributed by atoms with Gasteiger partial charge in [0.15, 0.2) is 0 Å². The molecule has 1 saturated heterocycles. The molecule has 0 saturated carbocycles. The summed E-state index contributed by atoms with van der Waals surface area (Å²) in [5.74, 6) is -1.85. The lowest BCUT2D eigenvalue weighted by molar-refractivity contribution is -0.139. The predicted molar refractivity (Wildman–Crippen MR) is 178 cm³/mol. The van der Waals surface area contributed by atoms with E-state index in [1.54, 1.807) is 32.0 Å². The molecule has 2 aliphatic rings. The van der Waals surface area contributed by atoms with Crippen molar-refractivity contribution >= 4 is 35.1 Å². The summed E-state index contributed by atoms with van der Waals surface area (Å²) >= 11 is 12.9. The Morgan fingerprint density at radius 2 is 1.40 bits per heavy atom. The van der Waals surface area contributed by atoms with Gasteiger partial charge in [-0.2, -0.15) is 0 Å². The fraction of sp³-hybridized carbons (Fsp3) is 0.333. The molecule has 0 amide bonds. The molecule has 2 aliphatic heterocycles. The van der Waals surface area contributed by atoms with Crippen LogP contribution in [0.15, 0.2) is 101 Å². The second-order valence-electron chi connectivity index (χ2n) is 11.4. The normalized spacial score (nSPS) is 17.8. The van der Waals surface area contributed by atoms with Crippen LogP contribution in [-0.2, 0) is 19.1 Å². The zero-order valence-electron chi connectivity index (χ0n) is 25.9. The number of piperazine rings is 1. The van der Waals surface area contributed by atoms with Crippen LogP contribution in [0.1, 0.15) is 48.9 Å². The van der Waals surface area contributed by atoms with Crippen LogP contribution in [0.4, 0.5) is 0 Å². The third-order valence-electron chi connectivity index (χ3n) is 8.53. The van der Waals surface area contributed by atoms with Gasteiger partial charge in [0, 0.05) is 44.1 Å². The van der Waals surface area contributed by atoms with E-state index in [2.05, 4.69) is 75.8 Å². The summed E-state index contributed by atoms with van der Waals surface area (Å²) in [6.07, 6.45) is 0.688. The molecule has 0 aromatic heterocycles. The Bertz CT molecular complexity index is 1530. The monoisotopic (exact) mass is 647 g/mol. The van der Waals surface area contributed by atoms with Crippen molar-refractivity contribution in [3.8, 4) is 0 Å². The standard InChI is InChI=1S/C36H39Cl2N3O4/c1-24-30(35(42)44-3)32(28-16-10-17-29(37)33(28)38)31(25(2)39-24)36(43)45-23-11-18-40-19-21-41(22-20-40)34(26-12-6-4-7-13-26)27-14-8-5-9-15-27/h4-10,12-17,32,34,39H,11,18-23H2,1-3H3. The number of nitrogens with zero attached hydrogens (tertiary/aromatic N) is 2. The molecule has 0 radical (unpaired) electrons. The maximum atomic E-state index is 13.6. The van der Waals surface area contributed by atoms with E-state index in [0.717, 1.165) is 32.7 Å². The number of halogens is 2. The molecule has 9 heteroatoms. The van der Waals surface area contributed by atoms with Crippen LogP contribution in [0.3, 0.4) is 0 Å². The van der Waals surface area contributed by atoms with Crippen molar-refractivity contribution in [3.05, 3.63) is 128 Å². The topological polar surface area (TPSA) is 71.1 Å². The highest BCUT2D eigenvalue weighted by Crippen LogP contribution is 2.43. The van der Waals surface area contributed by atoms with E-state index >= 15 is 0 Å². The van der Waals surface area contributed by atoms with E-state index in [1.165, 1.54) is 18.2 Å². The fourth-order valence-electron chi connectivity index (χ4n) is 6.36. The molecular weight excluding hydrogens is 609 g/mol. The summed E-state index contributed by atoms with van der Waals surface area (Å²) in [5, 5.41) is 3.77. The number of hydrogen-bond donors (Lipinski definition) is 1. The molecule has 0 bridgehead atoms. The summed E-state index contributed by atoms with van der Waals surface area (Å²) in [4.78, 5) is 31.5. The molecule has 0 spiro atoms. The van der Waals surface area contributed by atoms with Gasteiger partial charge in [0.25, 0.3) is 0 Å². The lowest BCUT2D eigenvalue weighted by Crippen LogP contribution is -2.48. The van der Waals surface area contributed by atoms with Gasteiger partial charge in [-0.3, -0.25) is 4.90 Å². The predicted octanol–water partition coefficient (Wildman–Crippen LogP) is 6.74. The first kappa shape index (κ1) is 32.8. The smallest absolute Gasteiger partial charge is 0.336 e. The highest BCUT2D eigenvalue weighted by atomic mass is 35.5. The molecule has 7 nitrogen and oxygen atoms in total. The SMILES string of the molecule is COC(=O)C1=C(C)NC(C)=C(C(=O)OCCCN2CCN(C(c3ccccc3)c3ccccc3)CC2)C1c1cccc(Cl)c1Cl. The largest absolute Gasteiger partial charge is 0.466 e. The van der Waals surface area contributed by atoms with Gasteiger partial charge in [0.2, 0.25) is 0 Å². The Balaban J connectivity index is 1.21. The number of ether oxygens (including phenoxy) is 2. The highest BCUT2D eigenvalue weighted by Gasteiger charge is 2.39. The van der Waals surface area contributed by atoms with Gasteiger partial charge < -0.3 is 19.7 Å². The minimum atomic E-state index is -0.785. The van der Waals surface area contributed by atoms with E-state index in [4.69, 9.17) is 32.7 Å². The lowest BCUT2D eigenvalue weighted by Gasteiger charge is -2.39. The second kappa shape index (κ2) is 15.1. The van der Waals surface area contributed by atoms with Crippen LogP contribution in [-0.4, -0.2) is 68.2 Å². The maximum absolute atomic E-state index is 13.6. The third kappa shape index (κ3) is 7.45. The minimum Gasteiger partial charge on any atom is -0.466 e. The molecule has 1 unspecified atom stereocenters. The van der Waals surface area contributed by atoms with E-state index in [0.29, 0.717) is 39.5 Å². The average Bonchev–Trinajstić information content (AvgIpc) is 3.05. The quantitative estimate of drug-likeness (QED) is 0.193. The number of dihydropyridines is 1. The molecule has 236 valence electrons. The van der Waals surface area contributed by atoms with Crippen molar-refractivity contribution < 1.29 is 19.1 Å². The first-order valence-corrected chi connectivity index (χ1v) is 16.0. The third-order valence-corrected chi connectivity index (χ3v) is 9.37. The summed E-state index contributed by atoms with van der Waals surface area (Å²) < 4.78 is 10.9. The molecule has 3 aromatic carbocycles. The highest BCUT2D eigenvalue weighted by molar-refractivity contribution is 6.42. The molecule has 3 aromatic rings. The number of hydrogen-bond acceptors (Lipinski definition) is 7. The van der Waals surface area contributed by atoms with Crippen LogP contribution >= 0.6 is 23.2 Å². The van der Waals surface area contributed by atoms with Gasteiger partial charge in [-0.25, -0.2) is 9.59 Å². The molecule has 45 heavy (non-hydrogen) atoms. The number of allylic oxidation sites excluding steroid dienone is 2. The number of rotatable bonds is 10. The average molecular weight is 649 g/mol. The first-order chi connectivity index (χ1) is 21.8. The molecule has 5 rings (SSSR count). The Labute approximate surface area is 275 Å². The van der Waals surface area contributed by atoms with Gasteiger partial charge in [0.1, 0.15) is 0 Å². The Morgan fingerprint density at radius 1 is 0.822 bits per heavy atom. The van der Waals surface area contributed by atoms with Crippen LogP contribution < -0.4 is 5.32 Å². The molecule has 1 N–H and O–H groups in total. The van der Waals surface area contributed by atoms with Gasteiger partial charge in [-0.15, -0.1) is 0 Å². The van der Waals surface area contributed by atoms with Gasteiger partial charge in [0.05, 0.1) is 46.9 Å². The Morgan fingerprint density at radius 3 is 1.98 bits per heavy atom. The number of benzene rings is 3. The van der Waals surface area contributed by atoms with Crippen LogP contribution in [0.2, 0.25) is 10.0 Å².